The lowest BCUT2D eigenvalue weighted by molar-refractivity contribution is 0.420. The molecule has 0 saturated heterocycles. The highest BCUT2D eigenvalue weighted by molar-refractivity contribution is 5.87. The molecule has 3 aromatic carbocycles. The molecule has 0 spiro atoms. The third kappa shape index (κ3) is 2.80. The summed E-state index contributed by atoms with van der Waals surface area (Å²) in [7, 11) is 1.73. The molecule has 0 N–H and O–H groups in total. The molecule has 0 radical (unpaired) electrons. The molecule has 1 aromatic heterocycles. The van der Waals surface area contributed by atoms with Gasteiger partial charge in [0, 0.05) is 17.6 Å². The van der Waals surface area contributed by atoms with Crippen molar-refractivity contribution in [3.63, 3.8) is 0 Å². The van der Waals surface area contributed by atoms with Crippen molar-refractivity contribution in [3.05, 3.63) is 90.1 Å². The highest BCUT2D eigenvalue weighted by atomic mass is 16.5. The van der Waals surface area contributed by atoms with Crippen LogP contribution in [0, 0.1) is 6.92 Å². The Balaban J connectivity index is 1.82. The summed E-state index contributed by atoms with van der Waals surface area (Å²) in [6.45, 7) is 3.00. The summed E-state index contributed by atoms with van der Waals surface area (Å²) >= 11 is 0. The van der Waals surface area contributed by atoms with E-state index in [1.807, 2.05) is 6.07 Å². The van der Waals surface area contributed by atoms with Gasteiger partial charge in [-0.3, -0.25) is 0 Å². The molecule has 0 atom stereocenters. The van der Waals surface area contributed by atoms with Crippen LogP contribution < -0.4 is 4.74 Å². The van der Waals surface area contributed by atoms with Crippen LogP contribution in [-0.4, -0.2) is 11.7 Å². The Bertz CT molecular complexity index is 1010. The van der Waals surface area contributed by atoms with Gasteiger partial charge in [0.25, 0.3) is 0 Å². The van der Waals surface area contributed by atoms with E-state index in [9.17, 15) is 0 Å². The Morgan fingerprint density at radius 2 is 1.60 bits per heavy atom. The number of aromatic nitrogens is 1. The Morgan fingerprint density at radius 1 is 0.840 bits per heavy atom. The van der Waals surface area contributed by atoms with E-state index in [-0.39, 0.29) is 0 Å². The van der Waals surface area contributed by atoms with Crippen LogP contribution in [0.1, 0.15) is 11.3 Å². The molecular weight excluding hydrogens is 306 g/mol. The molecule has 0 aliphatic heterocycles. The van der Waals surface area contributed by atoms with Gasteiger partial charge in [-0.15, -0.1) is 0 Å². The normalized spacial score (nSPS) is 11.0. The van der Waals surface area contributed by atoms with E-state index in [2.05, 4.69) is 84.3 Å². The van der Waals surface area contributed by atoms with Gasteiger partial charge in [-0.05, 0) is 41.8 Å². The number of methoxy groups -OCH3 is 1. The Kier molecular flexibility index (Phi) is 4.02. The molecule has 0 aliphatic carbocycles. The van der Waals surface area contributed by atoms with E-state index >= 15 is 0 Å². The largest absolute Gasteiger partial charge is 0.496 e. The standard InChI is InChI=1S/C23H21NO/c1-17-15-21-22(13-8-14-23(21)25-2)24(17)16-19-11-6-7-12-20(19)18-9-4-3-5-10-18/h3-15H,16H2,1-2H3. The first-order valence-electron chi connectivity index (χ1n) is 8.54. The summed E-state index contributed by atoms with van der Waals surface area (Å²) in [5.74, 6) is 0.927. The molecule has 0 bridgehead atoms. The monoisotopic (exact) mass is 327 g/mol. The van der Waals surface area contributed by atoms with Crippen LogP contribution in [0.4, 0.5) is 0 Å². The molecule has 0 saturated carbocycles. The summed E-state index contributed by atoms with van der Waals surface area (Å²) in [4.78, 5) is 0. The van der Waals surface area contributed by atoms with Gasteiger partial charge in [-0.25, -0.2) is 0 Å². The van der Waals surface area contributed by atoms with Crippen molar-refractivity contribution in [2.75, 3.05) is 7.11 Å². The van der Waals surface area contributed by atoms with Gasteiger partial charge in [0.1, 0.15) is 5.75 Å². The van der Waals surface area contributed by atoms with Crippen LogP contribution in [0.15, 0.2) is 78.9 Å². The predicted molar refractivity (Wildman–Crippen MR) is 104 cm³/mol. The van der Waals surface area contributed by atoms with Gasteiger partial charge < -0.3 is 9.30 Å². The number of aryl methyl sites for hydroxylation is 1. The molecule has 2 heteroatoms. The lowest BCUT2D eigenvalue weighted by Gasteiger charge is -2.13. The van der Waals surface area contributed by atoms with E-state index in [0.29, 0.717) is 0 Å². The first-order valence-corrected chi connectivity index (χ1v) is 8.54. The average Bonchev–Trinajstić information content (AvgIpc) is 2.98. The maximum Gasteiger partial charge on any atom is 0.128 e. The molecule has 0 aliphatic rings. The smallest absolute Gasteiger partial charge is 0.128 e. The Hall–Kier alpha value is -3.00. The van der Waals surface area contributed by atoms with Crippen LogP contribution in [-0.2, 0) is 6.54 Å². The summed E-state index contributed by atoms with van der Waals surface area (Å²) in [6, 6.07) is 27.7. The van der Waals surface area contributed by atoms with Crippen molar-refractivity contribution in [1.82, 2.24) is 4.57 Å². The molecule has 2 nitrogen and oxygen atoms in total. The predicted octanol–water partition coefficient (Wildman–Crippen LogP) is 5.67. The fourth-order valence-electron chi connectivity index (χ4n) is 3.51. The van der Waals surface area contributed by atoms with Crippen LogP contribution in [0.2, 0.25) is 0 Å². The number of nitrogens with zero attached hydrogens (tertiary/aromatic N) is 1. The third-order valence-corrected chi connectivity index (χ3v) is 4.76. The van der Waals surface area contributed by atoms with E-state index < -0.39 is 0 Å². The maximum absolute atomic E-state index is 5.53. The molecule has 0 amide bonds. The van der Waals surface area contributed by atoms with Crippen molar-refractivity contribution < 1.29 is 4.74 Å². The van der Waals surface area contributed by atoms with Gasteiger partial charge in [-0.1, -0.05) is 60.7 Å². The fraction of sp³-hybridized carbons (Fsp3) is 0.130. The molecule has 4 aromatic rings. The number of rotatable bonds is 4. The highest BCUT2D eigenvalue weighted by Gasteiger charge is 2.12. The van der Waals surface area contributed by atoms with Gasteiger partial charge in [0.15, 0.2) is 0 Å². The topological polar surface area (TPSA) is 14.2 Å². The van der Waals surface area contributed by atoms with E-state index in [0.717, 1.165) is 12.3 Å². The van der Waals surface area contributed by atoms with Gasteiger partial charge >= 0.3 is 0 Å². The molecular formula is C23H21NO. The molecule has 0 fully saturated rings. The number of fused-ring (bicyclic) bond motifs is 1. The third-order valence-electron chi connectivity index (χ3n) is 4.76. The van der Waals surface area contributed by atoms with Crippen molar-refractivity contribution in [2.45, 2.75) is 13.5 Å². The quantitative estimate of drug-likeness (QED) is 0.471. The fourth-order valence-corrected chi connectivity index (χ4v) is 3.51. The Labute approximate surface area is 148 Å². The lowest BCUT2D eigenvalue weighted by Crippen LogP contribution is -2.03. The zero-order chi connectivity index (χ0) is 17.2. The second-order valence-electron chi connectivity index (χ2n) is 6.29. The minimum Gasteiger partial charge on any atom is -0.496 e. The van der Waals surface area contributed by atoms with Crippen molar-refractivity contribution >= 4 is 10.9 Å². The van der Waals surface area contributed by atoms with E-state index in [4.69, 9.17) is 4.74 Å². The summed E-state index contributed by atoms with van der Waals surface area (Å²) in [6.07, 6.45) is 0. The maximum atomic E-state index is 5.53. The van der Waals surface area contributed by atoms with Crippen LogP contribution in [0.3, 0.4) is 0 Å². The van der Waals surface area contributed by atoms with Gasteiger partial charge in [0.2, 0.25) is 0 Å². The molecule has 4 rings (SSSR count). The minimum atomic E-state index is 0.841. The first-order chi connectivity index (χ1) is 12.3. The van der Waals surface area contributed by atoms with Crippen LogP contribution in [0.5, 0.6) is 5.75 Å². The van der Waals surface area contributed by atoms with Crippen LogP contribution in [0.25, 0.3) is 22.0 Å². The number of benzene rings is 3. The molecule has 25 heavy (non-hydrogen) atoms. The second kappa shape index (κ2) is 6.48. The SMILES string of the molecule is COc1cccc2c1cc(C)n2Cc1ccccc1-c1ccccc1. The molecule has 0 unspecified atom stereocenters. The summed E-state index contributed by atoms with van der Waals surface area (Å²) in [5.41, 5.74) is 6.30. The van der Waals surface area contributed by atoms with E-state index in [1.54, 1.807) is 7.11 Å². The van der Waals surface area contributed by atoms with Crippen molar-refractivity contribution in [2.24, 2.45) is 0 Å². The zero-order valence-electron chi connectivity index (χ0n) is 14.6. The van der Waals surface area contributed by atoms with Crippen molar-refractivity contribution in [1.29, 1.82) is 0 Å². The zero-order valence-corrected chi connectivity index (χ0v) is 14.6. The van der Waals surface area contributed by atoms with Crippen LogP contribution >= 0.6 is 0 Å². The van der Waals surface area contributed by atoms with E-state index in [1.165, 1.54) is 33.3 Å². The number of ether oxygens (including phenoxy) is 1. The van der Waals surface area contributed by atoms with Gasteiger partial charge in [-0.2, -0.15) is 0 Å². The first kappa shape index (κ1) is 15.5. The Morgan fingerprint density at radius 3 is 2.40 bits per heavy atom. The summed E-state index contributed by atoms with van der Waals surface area (Å²) in [5, 5.41) is 1.17. The highest BCUT2D eigenvalue weighted by Crippen LogP contribution is 2.31. The average molecular weight is 327 g/mol. The lowest BCUT2D eigenvalue weighted by atomic mass is 9.99. The van der Waals surface area contributed by atoms with Crippen molar-refractivity contribution in [3.8, 4) is 16.9 Å². The minimum absolute atomic E-state index is 0.841. The number of hydrogen-bond donors (Lipinski definition) is 0. The van der Waals surface area contributed by atoms with Gasteiger partial charge in [0.05, 0.1) is 12.6 Å². The second-order valence-corrected chi connectivity index (χ2v) is 6.29. The number of hydrogen-bond acceptors (Lipinski definition) is 1. The molecule has 124 valence electrons. The molecule has 1 heterocycles. The summed E-state index contributed by atoms with van der Waals surface area (Å²) < 4.78 is 7.89.